The number of aliphatic hydroxyl groups is 1. The van der Waals surface area contributed by atoms with Crippen LogP contribution in [-0.4, -0.2) is 52.7 Å². The fraction of sp³-hybridized carbons (Fsp3) is 0.962. The van der Waals surface area contributed by atoms with Gasteiger partial charge in [0.2, 0.25) is 0 Å². The van der Waals surface area contributed by atoms with Crippen LogP contribution in [0.2, 0.25) is 58.9 Å². The third-order valence-electron chi connectivity index (χ3n) is 8.73. The predicted molar refractivity (Wildman–Crippen MR) is 154 cm³/mol. The lowest BCUT2D eigenvalue weighted by atomic mass is 9.81. The minimum atomic E-state index is -1.98. The maximum Gasteiger partial charge on any atom is 0.158 e. The van der Waals surface area contributed by atoms with Gasteiger partial charge in [-0.05, 0) is 37.5 Å². The van der Waals surface area contributed by atoms with Gasteiger partial charge in [-0.1, -0.05) is 97.4 Å². The molecular weight excluding hydrogens is 473 g/mol. The molecular formula is C26H56O3Si4. The Morgan fingerprint density at radius 3 is 1.48 bits per heavy atom. The van der Waals surface area contributed by atoms with Gasteiger partial charge in [0.15, 0.2) is 6.87 Å². The summed E-state index contributed by atoms with van der Waals surface area (Å²) in [6.07, 6.45) is 12.8. The molecule has 0 heterocycles. The Bertz CT molecular complexity index is 585. The van der Waals surface area contributed by atoms with Crippen LogP contribution in [0.25, 0.3) is 0 Å². The third kappa shape index (κ3) is 7.25. The van der Waals surface area contributed by atoms with Crippen LogP contribution in [0, 0.1) is 11.8 Å². The number of ketones is 1. The van der Waals surface area contributed by atoms with E-state index in [9.17, 15) is 9.90 Å². The van der Waals surface area contributed by atoms with Gasteiger partial charge < -0.3 is 9.53 Å². The van der Waals surface area contributed by atoms with Crippen molar-refractivity contribution in [3.05, 3.63) is 0 Å². The minimum Gasteiger partial charge on any atom is -0.422 e. The highest BCUT2D eigenvalue weighted by Gasteiger charge is 2.64. The van der Waals surface area contributed by atoms with E-state index in [2.05, 4.69) is 58.9 Å². The Balaban J connectivity index is 2.30. The third-order valence-corrected chi connectivity index (χ3v) is 76.3. The molecule has 7 heteroatoms. The number of aliphatic hydroxyl groups excluding tert-OH is 1. The number of rotatable bonds is 11. The zero-order valence-electron chi connectivity index (χ0n) is 23.6. The summed E-state index contributed by atoms with van der Waals surface area (Å²) in [6, 6.07) is 0. The topological polar surface area (TPSA) is 46.5 Å². The average molecular weight is 529 g/mol. The first-order valence-electron chi connectivity index (χ1n) is 14.0. The highest BCUT2D eigenvalue weighted by molar-refractivity contribution is 7.87. The van der Waals surface area contributed by atoms with E-state index >= 15 is 0 Å². The molecule has 0 aromatic carbocycles. The van der Waals surface area contributed by atoms with E-state index in [1.54, 1.807) is 0 Å². The average Bonchev–Trinajstić information content (AvgIpc) is 2.69. The molecule has 0 bridgehead atoms. The van der Waals surface area contributed by atoms with Gasteiger partial charge in [0, 0.05) is 12.8 Å². The molecule has 0 saturated heterocycles. The van der Waals surface area contributed by atoms with Crippen molar-refractivity contribution in [3.63, 3.8) is 0 Å². The fourth-order valence-electron chi connectivity index (χ4n) is 8.17. The summed E-state index contributed by atoms with van der Waals surface area (Å²) in [6.45, 7) is 21.2. The Labute approximate surface area is 209 Å². The van der Waals surface area contributed by atoms with Crippen molar-refractivity contribution >= 4 is 35.4 Å². The maximum atomic E-state index is 13.4. The lowest BCUT2D eigenvalue weighted by molar-refractivity contribution is -0.124. The van der Waals surface area contributed by atoms with Crippen molar-refractivity contribution < 1.29 is 14.3 Å². The van der Waals surface area contributed by atoms with Gasteiger partial charge in [-0.2, -0.15) is 0 Å². The molecule has 2 fully saturated rings. The van der Waals surface area contributed by atoms with Gasteiger partial charge in [0.25, 0.3) is 0 Å². The molecule has 0 aromatic heterocycles. The van der Waals surface area contributed by atoms with Crippen molar-refractivity contribution in [2.75, 3.05) is 0 Å². The lowest BCUT2D eigenvalue weighted by Gasteiger charge is -2.58. The molecule has 0 amide bonds. The quantitative estimate of drug-likeness (QED) is 0.283. The van der Waals surface area contributed by atoms with Crippen LogP contribution >= 0.6 is 0 Å². The second kappa shape index (κ2) is 11.7. The number of hydrogen-bond acceptors (Lipinski definition) is 3. The number of Topliss-reactive ketones (excluding diaryl/α,β-unsaturated/α-hetero) is 1. The number of carbonyl (C=O) groups excluding carboxylic acids is 1. The van der Waals surface area contributed by atoms with E-state index in [0.717, 1.165) is 12.8 Å². The van der Waals surface area contributed by atoms with Crippen LogP contribution < -0.4 is 0 Å². The van der Waals surface area contributed by atoms with Crippen molar-refractivity contribution in [1.29, 1.82) is 0 Å². The highest BCUT2D eigenvalue weighted by atomic mass is 29.9. The van der Waals surface area contributed by atoms with E-state index in [0.29, 0.717) is 24.7 Å². The largest absolute Gasteiger partial charge is 0.422 e. The second-order valence-corrected chi connectivity index (χ2v) is 53.8. The SMILES string of the molecule is C[Si](C)(C)[Si](O[C@@H](CC(=O)C[C@H](O)C1CCCCC1)C1CCCCC1)([Si](C)(C)C)[Si](C)(C)C. The monoisotopic (exact) mass is 528 g/mol. The van der Waals surface area contributed by atoms with E-state index < -0.39 is 35.7 Å². The Morgan fingerprint density at radius 1 is 0.697 bits per heavy atom. The first-order chi connectivity index (χ1) is 15.1. The Morgan fingerprint density at radius 2 is 1.09 bits per heavy atom. The van der Waals surface area contributed by atoms with Crippen molar-refractivity contribution in [2.45, 2.75) is 148 Å². The fourth-order valence-corrected chi connectivity index (χ4v) is 102. The molecule has 2 aliphatic rings. The second-order valence-electron chi connectivity index (χ2n) is 14.4. The van der Waals surface area contributed by atoms with Crippen molar-refractivity contribution in [2.24, 2.45) is 11.8 Å². The van der Waals surface area contributed by atoms with Gasteiger partial charge in [0.1, 0.15) is 5.78 Å². The number of hydrogen-bond donors (Lipinski definition) is 1. The minimum absolute atomic E-state index is 0.0909. The first-order valence-corrected chi connectivity index (χ1v) is 29.4. The number of carbonyl (C=O) groups is 1. The molecule has 194 valence electrons. The van der Waals surface area contributed by atoms with Crippen LogP contribution in [0.1, 0.15) is 77.0 Å². The Kier molecular flexibility index (Phi) is 10.5. The first kappa shape index (κ1) is 29.7. The molecule has 2 aliphatic carbocycles. The lowest BCUT2D eigenvalue weighted by Crippen LogP contribution is -2.85. The van der Waals surface area contributed by atoms with Crippen LogP contribution in [-0.2, 0) is 9.22 Å². The van der Waals surface area contributed by atoms with Crippen LogP contribution in [0.3, 0.4) is 0 Å². The molecule has 0 radical (unpaired) electrons. The van der Waals surface area contributed by atoms with Crippen LogP contribution in [0.4, 0.5) is 0 Å². The van der Waals surface area contributed by atoms with Gasteiger partial charge in [-0.3, -0.25) is 4.79 Å². The summed E-state index contributed by atoms with van der Waals surface area (Å²) in [5.41, 5.74) is 0. The van der Waals surface area contributed by atoms with Gasteiger partial charge in [-0.25, -0.2) is 0 Å². The molecule has 0 unspecified atom stereocenters. The summed E-state index contributed by atoms with van der Waals surface area (Å²) >= 11 is 0. The summed E-state index contributed by atoms with van der Waals surface area (Å²) in [7, 11) is -4.69. The smallest absolute Gasteiger partial charge is 0.158 e. The van der Waals surface area contributed by atoms with Crippen LogP contribution in [0.5, 0.6) is 0 Å². The summed E-state index contributed by atoms with van der Waals surface area (Å²) in [4.78, 5) is 13.4. The van der Waals surface area contributed by atoms with Crippen LogP contribution in [0.15, 0.2) is 0 Å². The molecule has 0 aliphatic heterocycles. The van der Waals surface area contributed by atoms with E-state index in [4.69, 9.17) is 4.43 Å². The zero-order valence-corrected chi connectivity index (χ0v) is 27.6. The summed E-state index contributed by atoms with van der Waals surface area (Å²) in [5, 5.41) is 10.9. The molecule has 2 saturated carbocycles. The summed E-state index contributed by atoms with van der Waals surface area (Å²) < 4.78 is 7.69. The molecule has 2 atom stereocenters. The molecule has 33 heavy (non-hydrogen) atoms. The molecule has 3 nitrogen and oxygen atoms in total. The molecule has 1 N–H and O–H groups in total. The van der Waals surface area contributed by atoms with E-state index in [1.165, 1.54) is 51.4 Å². The molecule has 0 spiro atoms. The van der Waals surface area contributed by atoms with Crippen molar-refractivity contribution in [3.8, 4) is 0 Å². The normalized spacial score (nSPS) is 22.2. The summed E-state index contributed by atoms with van der Waals surface area (Å²) in [5.74, 6) is 1.12. The van der Waals surface area contributed by atoms with Gasteiger partial charge >= 0.3 is 0 Å². The Hall–Kier alpha value is 0.458. The van der Waals surface area contributed by atoms with E-state index in [-0.39, 0.29) is 11.9 Å². The standard InChI is InChI=1S/C26H56O3Si4/c1-30(2,3)33(31(4,5)6,32(7,8)9)29-26(23-18-14-11-15-19-23)21-24(27)20-25(28)22-16-12-10-13-17-22/h22-23,25-26,28H,10-21H2,1-9H3/t25-,26-/m0/s1. The van der Waals surface area contributed by atoms with Crippen molar-refractivity contribution in [1.82, 2.24) is 0 Å². The highest BCUT2D eigenvalue weighted by Crippen LogP contribution is 2.42. The van der Waals surface area contributed by atoms with Gasteiger partial charge in [-0.15, -0.1) is 0 Å². The van der Waals surface area contributed by atoms with E-state index in [1.807, 2.05) is 0 Å². The predicted octanol–water partition coefficient (Wildman–Crippen LogP) is 7.44. The van der Waals surface area contributed by atoms with Gasteiger partial charge in [0.05, 0.1) is 35.0 Å². The zero-order chi connectivity index (χ0) is 25.1. The molecule has 0 aromatic rings. The maximum absolute atomic E-state index is 13.4. The molecule has 2 rings (SSSR count).